The Hall–Kier alpha value is -1.63. The highest BCUT2D eigenvalue weighted by Crippen LogP contribution is 2.59. The fourth-order valence-electron chi connectivity index (χ4n) is 2.62. The highest BCUT2D eigenvalue weighted by atomic mass is 16.5. The SMILES string of the molecule is COCCN(CCC(=O)OC)C(=O)C1C(C(=O)O)C1(C)C. The summed E-state index contributed by atoms with van der Waals surface area (Å²) in [6.45, 7) is 4.39. The quantitative estimate of drug-likeness (QED) is 0.652. The van der Waals surface area contributed by atoms with Crippen molar-refractivity contribution in [1.82, 2.24) is 4.90 Å². The second kappa shape index (κ2) is 6.89. The van der Waals surface area contributed by atoms with E-state index in [1.165, 1.54) is 19.1 Å². The Kier molecular flexibility index (Phi) is 5.71. The monoisotopic (exact) mass is 301 g/mol. The van der Waals surface area contributed by atoms with Gasteiger partial charge in [0, 0.05) is 20.2 Å². The van der Waals surface area contributed by atoms with Crippen molar-refractivity contribution in [2.45, 2.75) is 20.3 Å². The molecule has 1 amide bonds. The van der Waals surface area contributed by atoms with Gasteiger partial charge in [0.05, 0.1) is 32.0 Å². The van der Waals surface area contributed by atoms with Gasteiger partial charge < -0.3 is 19.5 Å². The molecule has 0 aliphatic heterocycles. The minimum atomic E-state index is -0.960. The number of carbonyl (C=O) groups is 3. The molecule has 0 heterocycles. The Morgan fingerprint density at radius 2 is 1.76 bits per heavy atom. The summed E-state index contributed by atoms with van der Waals surface area (Å²) in [5, 5.41) is 9.15. The third kappa shape index (κ3) is 3.93. The number of carbonyl (C=O) groups excluding carboxylic acids is 2. The van der Waals surface area contributed by atoms with Crippen LogP contribution in [0, 0.1) is 17.3 Å². The predicted octanol–water partition coefficient (Wildman–Crippen LogP) is 0.381. The molecule has 1 aliphatic rings. The molecule has 2 unspecified atom stereocenters. The van der Waals surface area contributed by atoms with Crippen molar-refractivity contribution in [3.05, 3.63) is 0 Å². The van der Waals surface area contributed by atoms with Crippen LogP contribution in [0.4, 0.5) is 0 Å². The fourth-order valence-corrected chi connectivity index (χ4v) is 2.62. The standard InChI is InChI=1S/C14H23NO6/c1-14(2)10(11(14)13(18)19)12(17)15(7-8-20-3)6-5-9(16)21-4/h10-11H,5-8H2,1-4H3,(H,18,19). The van der Waals surface area contributed by atoms with Crippen molar-refractivity contribution in [2.75, 3.05) is 33.9 Å². The third-order valence-corrected chi connectivity index (χ3v) is 4.05. The topological polar surface area (TPSA) is 93.1 Å². The highest BCUT2D eigenvalue weighted by Gasteiger charge is 2.66. The van der Waals surface area contributed by atoms with E-state index in [0.29, 0.717) is 13.2 Å². The number of carboxylic acids is 1. The average Bonchev–Trinajstić information content (AvgIpc) is 3.00. The molecule has 0 bridgehead atoms. The Bertz CT molecular complexity index is 420. The van der Waals surface area contributed by atoms with E-state index in [4.69, 9.17) is 9.84 Å². The molecule has 1 rings (SSSR count). The van der Waals surface area contributed by atoms with E-state index in [1.807, 2.05) is 0 Å². The first-order chi connectivity index (χ1) is 9.77. The van der Waals surface area contributed by atoms with Crippen LogP contribution in [0.2, 0.25) is 0 Å². The van der Waals surface area contributed by atoms with E-state index in [2.05, 4.69) is 4.74 Å². The van der Waals surface area contributed by atoms with Crippen LogP contribution in [0.5, 0.6) is 0 Å². The summed E-state index contributed by atoms with van der Waals surface area (Å²) in [6.07, 6.45) is 0.0802. The molecule has 1 saturated carbocycles. The zero-order valence-electron chi connectivity index (χ0n) is 12.9. The Balaban J connectivity index is 2.72. The van der Waals surface area contributed by atoms with Gasteiger partial charge in [0.1, 0.15) is 0 Å². The second-order valence-corrected chi connectivity index (χ2v) is 5.76. The number of esters is 1. The molecular formula is C14H23NO6. The maximum atomic E-state index is 12.5. The molecule has 7 nitrogen and oxygen atoms in total. The van der Waals surface area contributed by atoms with Crippen LogP contribution < -0.4 is 0 Å². The van der Waals surface area contributed by atoms with Gasteiger partial charge in [-0.25, -0.2) is 0 Å². The molecule has 1 fully saturated rings. The number of aliphatic carboxylic acids is 1. The summed E-state index contributed by atoms with van der Waals surface area (Å²) in [7, 11) is 2.80. The summed E-state index contributed by atoms with van der Waals surface area (Å²) >= 11 is 0. The number of methoxy groups -OCH3 is 2. The van der Waals surface area contributed by atoms with Gasteiger partial charge in [-0.1, -0.05) is 13.8 Å². The number of hydrogen-bond acceptors (Lipinski definition) is 5. The van der Waals surface area contributed by atoms with Gasteiger partial charge in [-0.15, -0.1) is 0 Å². The summed E-state index contributed by atoms with van der Waals surface area (Å²) in [6, 6.07) is 0. The van der Waals surface area contributed by atoms with Crippen molar-refractivity contribution in [1.29, 1.82) is 0 Å². The normalized spacial score (nSPS) is 22.5. The van der Waals surface area contributed by atoms with E-state index in [0.717, 1.165) is 0 Å². The van der Waals surface area contributed by atoms with Crippen LogP contribution >= 0.6 is 0 Å². The van der Waals surface area contributed by atoms with Crippen LogP contribution in [0.25, 0.3) is 0 Å². The minimum Gasteiger partial charge on any atom is -0.481 e. The van der Waals surface area contributed by atoms with Gasteiger partial charge in [0.15, 0.2) is 0 Å². The first kappa shape index (κ1) is 17.4. The van der Waals surface area contributed by atoms with E-state index in [1.54, 1.807) is 13.8 Å². The van der Waals surface area contributed by atoms with E-state index >= 15 is 0 Å². The number of nitrogens with zero attached hydrogens (tertiary/aromatic N) is 1. The number of ether oxygens (including phenoxy) is 2. The molecule has 0 saturated heterocycles. The van der Waals surface area contributed by atoms with E-state index in [9.17, 15) is 14.4 Å². The zero-order chi connectivity index (χ0) is 16.2. The molecule has 120 valence electrons. The first-order valence-corrected chi connectivity index (χ1v) is 6.84. The molecule has 21 heavy (non-hydrogen) atoms. The summed E-state index contributed by atoms with van der Waals surface area (Å²) in [5.74, 6) is -2.83. The van der Waals surface area contributed by atoms with E-state index in [-0.39, 0.29) is 18.9 Å². The maximum Gasteiger partial charge on any atom is 0.307 e. The molecule has 0 aromatic rings. The van der Waals surface area contributed by atoms with Crippen LogP contribution in [0.1, 0.15) is 20.3 Å². The molecule has 1 aliphatic carbocycles. The summed E-state index contributed by atoms with van der Waals surface area (Å²) in [4.78, 5) is 36.4. The minimum absolute atomic E-state index is 0.0802. The lowest BCUT2D eigenvalue weighted by atomic mass is 10.1. The van der Waals surface area contributed by atoms with Crippen molar-refractivity contribution >= 4 is 17.8 Å². The average molecular weight is 301 g/mol. The van der Waals surface area contributed by atoms with Crippen molar-refractivity contribution < 1.29 is 29.0 Å². The van der Waals surface area contributed by atoms with Crippen LogP contribution in [0.3, 0.4) is 0 Å². The highest BCUT2D eigenvalue weighted by molar-refractivity contribution is 5.91. The fraction of sp³-hybridized carbons (Fsp3) is 0.786. The molecule has 0 aromatic heterocycles. The van der Waals surface area contributed by atoms with Gasteiger partial charge in [-0.05, 0) is 5.41 Å². The van der Waals surface area contributed by atoms with Gasteiger partial charge >= 0.3 is 11.9 Å². The predicted molar refractivity (Wildman–Crippen MR) is 73.5 cm³/mol. The zero-order valence-corrected chi connectivity index (χ0v) is 12.9. The molecule has 1 N–H and O–H groups in total. The van der Waals surface area contributed by atoms with Crippen LogP contribution in [-0.4, -0.2) is 61.8 Å². The molecular weight excluding hydrogens is 278 g/mol. The van der Waals surface area contributed by atoms with Crippen LogP contribution in [-0.2, 0) is 23.9 Å². The molecule has 0 spiro atoms. The molecule has 2 atom stereocenters. The van der Waals surface area contributed by atoms with Crippen molar-refractivity contribution in [2.24, 2.45) is 17.3 Å². The van der Waals surface area contributed by atoms with Gasteiger partial charge in [-0.2, -0.15) is 0 Å². The Morgan fingerprint density at radius 1 is 1.14 bits per heavy atom. The Morgan fingerprint density at radius 3 is 2.19 bits per heavy atom. The molecule has 7 heteroatoms. The third-order valence-electron chi connectivity index (χ3n) is 4.05. The van der Waals surface area contributed by atoms with E-state index < -0.39 is 29.2 Å². The molecule has 0 radical (unpaired) electrons. The number of carboxylic acid groups (broad SMARTS) is 1. The number of rotatable bonds is 8. The Labute approximate surface area is 124 Å². The summed E-state index contributed by atoms with van der Waals surface area (Å²) < 4.78 is 9.51. The smallest absolute Gasteiger partial charge is 0.307 e. The first-order valence-electron chi connectivity index (χ1n) is 6.84. The van der Waals surface area contributed by atoms with Gasteiger partial charge in [0.2, 0.25) is 5.91 Å². The lowest BCUT2D eigenvalue weighted by molar-refractivity contribution is -0.144. The lowest BCUT2D eigenvalue weighted by Gasteiger charge is -2.22. The van der Waals surface area contributed by atoms with Crippen LogP contribution in [0.15, 0.2) is 0 Å². The van der Waals surface area contributed by atoms with Crippen molar-refractivity contribution in [3.63, 3.8) is 0 Å². The number of amides is 1. The summed E-state index contributed by atoms with van der Waals surface area (Å²) in [5.41, 5.74) is -0.556. The van der Waals surface area contributed by atoms with Crippen molar-refractivity contribution in [3.8, 4) is 0 Å². The molecule has 0 aromatic carbocycles. The second-order valence-electron chi connectivity index (χ2n) is 5.76. The number of hydrogen-bond donors (Lipinski definition) is 1. The maximum absolute atomic E-state index is 12.5. The van der Waals surface area contributed by atoms with Gasteiger partial charge in [-0.3, -0.25) is 14.4 Å². The lowest BCUT2D eigenvalue weighted by Crippen LogP contribution is -2.38. The largest absolute Gasteiger partial charge is 0.481 e. The van der Waals surface area contributed by atoms with Gasteiger partial charge in [0.25, 0.3) is 0 Å².